The largest absolute Gasteiger partial charge is 0.478 e. The van der Waals surface area contributed by atoms with E-state index in [2.05, 4.69) is 0 Å². The number of benzene rings is 1. The van der Waals surface area contributed by atoms with Gasteiger partial charge in [0.1, 0.15) is 0 Å². The SMILES string of the molecule is N[C@@H](c1ccc(C(=O)O)cc1)[C@H](O)C1CC1. The fourth-order valence-electron chi connectivity index (χ4n) is 1.78. The standard InChI is InChI=1S/C12H15NO3/c13-10(11(14)8-3-4-8)7-1-5-9(6-2-7)12(15)16/h1-2,5-6,8,10-11,14H,3-4,13H2,(H,15,16)/t10-,11+/m0/s1. The van der Waals surface area contributed by atoms with Crippen molar-refractivity contribution in [1.82, 2.24) is 0 Å². The van der Waals surface area contributed by atoms with E-state index in [-0.39, 0.29) is 5.56 Å². The van der Waals surface area contributed by atoms with Gasteiger partial charge in [-0.3, -0.25) is 0 Å². The summed E-state index contributed by atoms with van der Waals surface area (Å²) < 4.78 is 0. The second-order valence-corrected chi connectivity index (χ2v) is 4.28. The molecule has 0 spiro atoms. The van der Waals surface area contributed by atoms with E-state index in [0.29, 0.717) is 5.92 Å². The van der Waals surface area contributed by atoms with Crippen LogP contribution in [0.1, 0.15) is 34.8 Å². The number of hydrogen-bond donors (Lipinski definition) is 3. The van der Waals surface area contributed by atoms with E-state index in [1.165, 1.54) is 12.1 Å². The highest BCUT2D eigenvalue weighted by atomic mass is 16.4. The smallest absolute Gasteiger partial charge is 0.335 e. The highest BCUT2D eigenvalue weighted by Crippen LogP contribution is 2.37. The number of hydrogen-bond acceptors (Lipinski definition) is 3. The maximum atomic E-state index is 10.7. The molecule has 0 saturated heterocycles. The molecule has 4 N–H and O–H groups in total. The normalized spacial score (nSPS) is 19.1. The predicted molar refractivity (Wildman–Crippen MR) is 59.1 cm³/mol. The molecule has 2 rings (SSSR count). The summed E-state index contributed by atoms with van der Waals surface area (Å²) in [5.41, 5.74) is 6.92. The molecule has 0 bridgehead atoms. The van der Waals surface area contributed by atoms with Crippen LogP contribution in [0.2, 0.25) is 0 Å². The van der Waals surface area contributed by atoms with Gasteiger partial charge in [-0.1, -0.05) is 12.1 Å². The Bertz CT molecular complexity index is 384. The van der Waals surface area contributed by atoms with Gasteiger partial charge in [0.2, 0.25) is 0 Å². The Morgan fingerprint density at radius 1 is 1.31 bits per heavy atom. The molecule has 0 aliphatic heterocycles. The second kappa shape index (κ2) is 4.23. The Hall–Kier alpha value is -1.39. The van der Waals surface area contributed by atoms with E-state index in [9.17, 15) is 9.90 Å². The zero-order valence-corrected chi connectivity index (χ0v) is 8.84. The molecule has 16 heavy (non-hydrogen) atoms. The van der Waals surface area contributed by atoms with Crippen molar-refractivity contribution in [2.24, 2.45) is 11.7 Å². The van der Waals surface area contributed by atoms with Gasteiger partial charge in [0.05, 0.1) is 17.7 Å². The number of rotatable bonds is 4. The summed E-state index contributed by atoms with van der Waals surface area (Å²) in [5.74, 6) is -0.642. The van der Waals surface area contributed by atoms with Crippen molar-refractivity contribution in [3.63, 3.8) is 0 Å². The second-order valence-electron chi connectivity index (χ2n) is 4.28. The third-order valence-electron chi connectivity index (χ3n) is 3.02. The number of aliphatic hydroxyl groups excluding tert-OH is 1. The van der Waals surface area contributed by atoms with Crippen molar-refractivity contribution < 1.29 is 15.0 Å². The van der Waals surface area contributed by atoms with Crippen molar-refractivity contribution in [1.29, 1.82) is 0 Å². The number of carbonyl (C=O) groups is 1. The van der Waals surface area contributed by atoms with Crippen LogP contribution in [0.15, 0.2) is 24.3 Å². The molecular formula is C12H15NO3. The Balaban J connectivity index is 2.11. The lowest BCUT2D eigenvalue weighted by atomic mass is 9.98. The molecule has 1 fully saturated rings. The van der Waals surface area contributed by atoms with Gasteiger partial charge in [-0.2, -0.15) is 0 Å². The molecule has 0 radical (unpaired) electrons. The Labute approximate surface area is 93.7 Å². The van der Waals surface area contributed by atoms with Crippen LogP contribution >= 0.6 is 0 Å². The number of carboxylic acids is 1. The molecule has 2 atom stereocenters. The molecule has 4 heteroatoms. The summed E-state index contributed by atoms with van der Waals surface area (Å²) in [5, 5.41) is 18.6. The van der Waals surface area contributed by atoms with Crippen LogP contribution in [0.5, 0.6) is 0 Å². The van der Waals surface area contributed by atoms with E-state index < -0.39 is 18.1 Å². The predicted octanol–water partition coefficient (Wildman–Crippen LogP) is 1.16. The zero-order valence-electron chi connectivity index (χ0n) is 8.84. The van der Waals surface area contributed by atoms with Gasteiger partial charge in [0.15, 0.2) is 0 Å². The molecule has 1 aliphatic carbocycles. The minimum atomic E-state index is -0.956. The summed E-state index contributed by atoms with van der Waals surface area (Å²) in [7, 11) is 0. The highest BCUT2D eigenvalue weighted by molar-refractivity contribution is 5.87. The average Bonchev–Trinajstić information content (AvgIpc) is 3.11. The molecule has 0 aromatic heterocycles. The molecular weight excluding hydrogens is 206 g/mol. The van der Waals surface area contributed by atoms with E-state index in [1.807, 2.05) is 0 Å². The number of nitrogens with two attached hydrogens (primary N) is 1. The first-order chi connectivity index (χ1) is 7.59. The first kappa shape index (κ1) is 11.1. The van der Waals surface area contributed by atoms with Gasteiger partial charge in [-0.15, -0.1) is 0 Å². The summed E-state index contributed by atoms with van der Waals surface area (Å²) in [6, 6.07) is 5.93. The topological polar surface area (TPSA) is 83.6 Å². The third-order valence-corrected chi connectivity index (χ3v) is 3.02. The lowest BCUT2D eigenvalue weighted by molar-refractivity contribution is 0.0697. The van der Waals surface area contributed by atoms with Crippen molar-refractivity contribution in [3.05, 3.63) is 35.4 Å². The molecule has 0 heterocycles. The molecule has 0 amide bonds. The fourth-order valence-corrected chi connectivity index (χ4v) is 1.78. The summed E-state index contributed by atoms with van der Waals surface area (Å²) in [6.45, 7) is 0. The first-order valence-electron chi connectivity index (χ1n) is 5.36. The minimum absolute atomic E-state index is 0.233. The molecule has 4 nitrogen and oxygen atoms in total. The van der Waals surface area contributed by atoms with Gasteiger partial charge in [-0.05, 0) is 36.5 Å². The lowest BCUT2D eigenvalue weighted by Crippen LogP contribution is -2.27. The Morgan fingerprint density at radius 2 is 1.88 bits per heavy atom. The van der Waals surface area contributed by atoms with E-state index >= 15 is 0 Å². The number of aromatic carboxylic acids is 1. The molecule has 1 aromatic rings. The van der Waals surface area contributed by atoms with Crippen molar-refractivity contribution in [2.75, 3.05) is 0 Å². The molecule has 1 aromatic carbocycles. The van der Waals surface area contributed by atoms with Crippen molar-refractivity contribution >= 4 is 5.97 Å². The molecule has 1 saturated carbocycles. The quantitative estimate of drug-likeness (QED) is 0.712. The van der Waals surface area contributed by atoms with Gasteiger partial charge in [0, 0.05) is 0 Å². The first-order valence-corrected chi connectivity index (χ1v) is 5.36. The number of aliphatic hydroxyl groups is 1. The lowest BCUT2D eigenvalue weighted by Gasteiger charge is -2.18. The Morgan fingerprint density at radius 3 is 2.31 bits per heavy atom. The van der Waals surface area contributed by atoms with Crippen LogP contribution in [0.25, 0.3) is 0 Å². The Kier molecular flexibility index (Phi) is 2.94. The summed E-state index contributed by atoms with van der Waals surface area (Å²) in [6.07, 6.45) is 1.54. The van der Waals surface area contributed by atoms with Gasteiger partial charge >= 0.3 is 5.97 Å². The summed E-state index contributed by atoms with van der Waals surface area (Å²) in [4.78, 5) is 10.7. The van der Waals surface area contributed by atoms with E-state index in [4.69, 9.17) is 10.8 Å². The highest BCUT2D eigenvalue weighted by Gasteiger charge is 2.34. The van der Waals surface area contributed by atoms with Crippen LogP contribution < -0.4 is 5.73 Å². The van der Waals surface area contributed by atoms with Crippen LogP contribution in [-0.4, -0.2) is 22.3 Å². The average molecular weight is 221 g/mol. The van der Waals surface area contributed by atoms with Gasteiger partial charge in [0.25, 0.3) is 0 Å². The zero-order chi connectivity index (χ0) is 11.7. The van der Waals surface area contributed by atoms with Gasteiger partial charge < -0.3 is 15.9 Å². The maximum Gasteiger partial charge on any atom is 0.335 e. The molecule has 1 aliphatic rings. The third kappa shape index (κ3) is 2.23. The minimum Gasteiger partial charge on any atom is -0.478 e. The maximum absolute atomic E-state index is 10.7. The van der Waals surface area contributed by atoms with Crippen LogP contribution in [0.4, 0.5) is 0 Å². The molecule has 0 unspecified atom stereocenters. The number of carboxylic acid groups (broad SMARTS) is 1. The van der Waals surface area contributed by atoms with Crippen LogP contribution in [-0.2, 0) is 0 Å². The molecule has 86 valence electrons. The summed E-state index contributed by atoms with van der Waals surface area (Å²) >= 11 is 0. The fraction of sp³-hybridized carbons (Fsp3) is 0.417. The van der Waals surface area contributed by atoms with E-state index in [1.54, 1.807) is 12.1 Å². The van der Waals surface area contributed by atoms with Crippen LogP contribution in [0.3, 0.4) is 0 Å². The van der Waals surface area contributed by atoms with Gasteiger partial charge in [-0.25, -0.2) is 4.79 Å². The monoisotopic (exact) mass is 221 g/mol. The van der Waals surface area contributed by atoms with Crippen molar-refractivity contribution in [3.8, 4) is 0 Å². The van der Waals surface area contributed by atoms with Crippen molar-refractivity contribution in [2.45, 2.75) is 25.0 Å². The van der Waals surface area contributed by atoms with Crippen LogP contribution in [0, 0.1) is 5.92 Å². The van der Waals surface area contributed by atoms with E-state index in [0.717, 1.165) is 18.4 Å².